The maximum atomic E-state index is 12.2. The zero-order valence-electron chi connectivity index (χ0n) is 12.9. The van der Waals surface area contributed by atoms with Crippen LogP contribution in [0.3, 0.4) is 0 Å². The molecule has 1 aromatic heterocycles. The van der Waals surface area contributed by atoms with Gasteiger partial charge in [-0.15, -0.1) is 23.1 Å². The van der Waals surface area contributed by atoms with Gasteiger partial charge in [0.2, 0.25) is 5.91 Å². The molecule has 2 fully saturated rings. The molecule has 0 bridgehead atoms. The van der Waals surface area contributed by atoms with Crippen molar-refractivity contribution in [3.63, 3.8) is 0 Å². The Hall–Kier alpha value is -2.05. The number of esters is 1. The Labute approximate surface area is 146 Å². The Morgan fingerprint density at radius 2 is 2.38 bits per heavy atom. The van der Waals surface area contributed by atoms with Crippen molar-refractivity contribution in [2.75, 3.05) is 17.7 Å². The summed E-state index contributed by atoms with van der Waals surface area (Å²) in [5.41, 5.74) is 0.366. The van der Waals surface area contributed by atoms with Crippen LogP contribution in [0.25, 0.3) is 0 Å². The molecule has 2 amide bonds. The number of thioether (sulfide) groups is 1. The molecule has 0 aromatic carbocycles. The summed E-state index contributed by atoms with van der Waals surface area (Å²) in [6.07, 6.45) is 1.15. The van der Waals surface area contributed by atoms with Crippen LogP contribution in [0, 0.1) is 11.3 Å². The highest BCUT2D eigenvalue weighted by atomic mass is 32.2. The van der Waals surface area contributed by atoms with Crippen molar-refractivity contribution >= 4 is 45.9 Å². The number of nitriles is 1. The number of carbonyl (C=O) groups is 3. The standard InChI is InChI=1S/C15H15N3O4S2/c1-15-4-2-12(20)18(15)10(8-24-15)14(21)22-7-11(19)17-13-9(6-16)3-5-23-13/h3,5,10H,2,4,7-8H2,1H3,(H,17,19)/t10-,15+/m0/s1. The second-order valence-corrected chi connectivity index (χ2v) is 8.11. The zero-order chi connectivity index (χ0) is 17.3. The first-order valence-corrected chi connectivity index (χ1v) is 9.21. The number of anilines is 1. The van der Waals surface area contributed by atoms with E-state index in [4.69, 9.17) is 10.00 Å². The molecule has 3 heterocycles. The summed E-state index contributed by atoms with van der Waals surface area (Å²) in [5.74, 6) is -0.649. The molecule has 0 unspecified atom stereocenters. The van der Waals surface area contributed by atoms with Gasteiger partial charge in [0.1, 0.15) is 17.1 Å². The second-order valence-electron chi connectivity index (χ2n) is 5.70. The first-order valence-electron chi connectivity index (χ1n) is 7.35. The van der Waals surface area contributed by atoms with Gasteiger partial charge in [0, 0.05) is 12.2 Å². The van der Waals surface area contributed by atoms with Crippen LogP contribution in [-0.2, 0) is 19.1 Å². The van der Waals surface area contributed by atoms with E-state index >= 15 is 0 Å². The number of nitrogens with one attached hydrogen (secondary N) is 1. The summed E-state index contributed by atoms with van der Waals surface area (Å²) < 4.78 is 5.08. The fourth-order valence-electron chi connectivity index (χ4n) is 2.88. The molecule has 1 N–H and O–H groups in total. The highest BCUT2D eigenvalue weighted by molar-refractivity contribution is 8.01. The summed E-state index contributed by atoms with van der Waals surface area (Å²) in [6.45, 7) is 1.50. The van der Waals surface area contributed by atoms with Gasteiger partial charge in [-0.25, -0.2) is 4.79 Å². The van der Waals surface area contributed by atoms with E-state index in [1.807, 2.05) is 13.0 Å². The van der Waals surface area contributed by atoms with Gasteiger partial charge >= 0.3 is 5.97 Å². The van der Waals surface area contributed by atoms with E-state index in [1.54, 1.807) is 28.1 Å². The number of rotatable bonds is 4. The second kappa shape index (κ2) is 6.45. The Morgan fingerprint density at radius 3 is 3.12 bits per heavy atom. The molecule has 2 aliphatic rings. The number of ether oxygens (including phenoxy) is 1. The summed E-state index contributed by atoms with van der Waals surface area (Å²) in [7, 11) is 0. The maximum absolute atomic E-state index is 12.2. The van der Waals surface area contributed by atoms with Crippen LogP contribution in [0.15, 0.2) is 11.4 Å². The summed E-state index contributed by atoms with van der Waals surface area (Å²) in [6, 6.07) is 2.93. The minimum atomic E-state index is -0.640. The normalized spacial score (nSPS) is 25.2. The molecule has 0 saturated carbocycles. The third-order valence-corrected chi connectivity index (χ3v) is 6.44. The minimum Gasteiger partial charge on any atom is -0.454 e. The van der Waals surface area contributed by atoms with Gasteiger partial charge in [-0.3, -0.25) is 9.59 Å². The SMILES string of the molecule is C[C@@]12CCC(=O)N1[C@H](C(=O)OCC(=O)Nc1sccc1C#N)CS2. The van der Waals surface area contributed by atoms with E-state index in [-0.39, 0.29) is 10.8 Å². The van der Waals surface area contributed by atoms with Crippen molar-refractivity contribution < 1.29 is 19.1 Å². The van der Waals surface area contributed by atoms with Crippen LogP contribution in [0.1, 0.15) is 25.3 Å². The van der Waals surface area contributed by atoms with Crippen LogP contribution in [0.4, 0.5) is 5.00 Å². The lowest BCUT2D eigenvalue weighted by Gasteiger charge is -2.29. The van der Waals surface area contributed by atoms with E-state index in [0.717, 1.165) is 6.42 Å². The van der Waals surface area contributed by atoms with Gasteiger partial charge < -0.3 is 15.0 Å². The number of hydrogen-bond donors (Lipinski definition) is 1. The molecule has 3 rings (SSSR count). The molecule has 0 spiro atoms. The molecular weight excluding hydrogens is 350 g/mol. The summed E-state index contributed by atoms with van der Waals surface area (Å²) in [4.78, 5) is 37.4. The predicted molar refractivity (Wildman–Crippen MR) is 89.4 cm³/mol. The van der Waals surface area contributed by atoms with Crippen LogP contribution in [-0.4, -0.2) is 46.0 Å². The molecule has 9 heteroatoms. The first kappa shape index (κ1) is 16.8. The van der Waals surface area contributed by atoms with Gasteiger partial charge in [0.05, 0.1) is 10.4 Å². The highest BCUT2D eigenvalue weighted by Gasteiger charge is 2.53. The van der Waals surface area contributed by atoms with Crippen LogP contribution in [0.5, 0.6) is 0 Å². The van der Waals surface area contributed by atoms with Gasteiger partial charge in [-0.05, 0) is 24.8 Å². The number of amides is 2. The number of fused-ring (bicyclic) bond motifs is 1. The smallest absolute Gasteiger partial charge is 0.330 e. The zero-order valence-corrected chi connectivity index (χ0v) is 14.5. The monoisotopic (exact) mass is 365 g/mol. The summed E-state index contributed by atoms with van der Waals surface area (Å²) >= 11 is 2.79. The number of thiophene rings is 1. The molecular formula is C15H15N3O4S2. The average molecular weight is 365 g/mol. The Kier molecular flexibility index (Phi) is 4.51. The largest absolute Gasteiger partial charge is 0.454 e. The third kappa shape index (κ3) is 2.99. The lowest BCUT2D eigenvalue weighted by Crippen LogP contribution is -2.47. The molecule has 0 radical (unpaired) electrons. The van der Waals surface area contributed by atoms with Crippen molar-refractivity contribution in [1.82, 2.24) is 4.90 Å². The Bertz CT molecular complexity index is 741. The Morgan fingerprint density at radius 1 is 1.58 bits per heavy atom. The molecule has 126 valence electrons. The average Bonchev–Trinajstić information content (AvgIpc) is 3.21. The summed E-state index contributed by atoms with van der Waals surface area (Å²) in [5, 5.41) is 13.6. The number of hydrogen-bond acceptors (Lipinski definition) is 7. The highest BCUT2D eigenvalue weighted by Crippen LogP contribution is 2.47. The molecule has 2 saturated heterocycles. The lowest BCUT2D eigenvalue weighted by atomic mass is 10.2. The number of nitrogens with zero attached hydrogens (tertiary/aromatic N) is 2. The van der Waals surface area contributed by atoms with Crippen molar-refractivity contribution in [2.45, 2.75) is 30.7 Å². The van der Waals surface area contributed by atoms with Crippen LogP contribution >= 0.6 is 23.1 Å². The molecule has 0 aliphatic carbocycles. The molecule has 1 aromatic rings. The number of carbonyl (C=O) groups excluding carboxylic acids is 3. The van der Waals surface area contributed by atoms with Crippen LogP contribution in [0.2, 0.25) is 0 Å². The topological polar surface area (TPSA) is 99.5 Å². The fourth-order valence-corrected chi connectivity index (χ4v) is 5.06. The van der Waals surface area contributed by atoms with Crippen molar-refractivity contribution in [1.29, 1.82) is 5.26 Å². The molecule has 2 atom stereocenters. The van der Waals surface area contributed by atoms with Gasteiger partial charge in [-0.2, -0.15) is 5.26 Å². The van der Waals surface area contributed by atoms with E-state index in [9.17, 15) is 14.4 Å². The third-order valence-electron chi connectivity index (χ3n) is 4.10. The van der Waals surface area contributed by atoms with Crippen molar-refractivity contribution in [3.05, 3.63) is 17.0 Å². The van der Waals surface area contributed by atoms with E-state index < -0.39 is 24.5 Å². The van der Waals surface area contributed by atoms with E-state index in [2.05, 4.69) is 5.32 Å². The van der Waals surface area contributed by atoms with Crippen molar-refractivity contribution in [3.8, 4) is 6.07 Å². The predicted octanol–water partition coefficient (Wildman–Crippen LogP) is 1.56. The lowest BCUT2D eigenvalue weighted by molar-refractivity contribution is -0.155. The van der Waals surface area contributed by atoms with Gasteiger partial charge in [0.15, 0.2) is 6.61 Å². The Balaban J connectivity index is 1.55. The van der Waals surface area contributed by atoms with Gasteiger partial charge in [-0.1, -0.05) is 0 Å². The molecule has 7 nitrogen and oxygen atoms in total. The first-order chi connectivity index (χ1) is 11.4. The fraction of sp³-hybridized carbons (Fsp3) is 0.467. The molecule has 2 aliphatic heterocycles. The van der Waals surface area contributed by atoms with Crippen molar-refractivity contribution in [2.24, 2.45) is 0 Å². The minimum absolute atomic E-state index is 0.0499. The quantitative estimate of drug-likeness (QED) is 0.813. The maximum Gasteiger partial charge on any atom is 0.330 e. The van der Waals surface area contributed by atoms with Gasteiger partial charge in [0.25, 0.3) is 5.91 Å². The van der Waals surface area contributed by atoms with E-state index in [1.165, 1.54) is 11.3 Å². The van der Waals surface area contributed by atoms with Crippen LogP contribution < -0.4 is 5.32 Å². The molecule has 24 heavy (non-hydrogen) atoms. The van der Waals surface area contributed by atoms with E-state index in [0.29, 0.717) is 22.7 Å².